The summed E-state index contributed by atoms with van der Waals surface area (Å²) in [6.45, 7) is 0. The molecule has 0 spiro atoms. The molecule has 0 aromatic carbocycles. The Kier molecular flexibility index (Phi) is 5.74. The van der Waals surface area contributed by atoms with Crippen molar-refractivity contribution in [3.05, 3.63) is 0 Å². The van der Waals surface area contributed by atoms with E-state index in [1.54, 1.807) is 10.8 Å². The van der Waals surface area contributed by atoms with Crippen molar-refractivity contribution in [3.8, 4) is 0 Å². The number of ether oxygens (including phenoxy) is 1. The second-order valence-corrected chi connectivity index (χ2v) is 6.84. The number of methoxy groups -OCH3 is 1. The Morgan fingerprint density at radius 2 is 2.43 bits per heavy atom. The van der Waals surface area contributed by atoms with Crippen molar-refractivity contribution >= 4 is 27.0 Å². The zero-order valence-corrected chi connectivity index (χ0v) is 9.99. The SMILES string of the molecule is COC(=O)CCCC[C@@H]1CCS[S+]1[O-]. The maximum Gasteiger partial charge on any atom is 0.305 e. The molecule has 1 unspecified atom stereocenters. The van der Waals surface area contributed by atoms with Crippen molar-refractivity contribution in [2.24, 2.45) is 0 Å². The van der Waals surface area contributed by atoms with Crippen LogP contribution in [0.1, 0.15) is 32.1 Å². The van der Waals surface area contributed by atoms with Crippen LogP contribution in [0.5, 0.6) is 0 Å². The molecule has 82 valence electrons. The van der Waals surface area contributed by atoms with Gasteiger partial charge >= 0.3 is 5.97 Å². The molecule has 0 aromatic rings. The largest absolute Gasteiger partial charge is 0.605 e. The van der Waals surface area contributed by atoms with Crippen molar-refractivity contribution in [2.75, 3.05) is 12.9 Å². The van der Waals surface area contributed by atoms with Crippen LogP contribution in [0.3, 0.4) is 0 Å². The van der Waals surface area contributed by atoms with Crippen LogP contribution in [0.25, 0.3) is 0 Å². The summed E-state index contributed by atoms with van der Waals surface area (Å²) >= 11 is 0. The minimum atomic E-state index is -0.676. The van der Waals surface area contributed by atoms with Crippen molar-refractivity contribution in [1.82, 2.24) is 0 Å². The molecule has 0 N–H and O–H groups in total. The van der Waals surface area contributed by atoms with Crippen molar-refractivity contribution in [1.29, 1.82) is 0 Å². The fourth-order valence-electron chi connectivity index (χ4n) is 1.44. The van der Waals surface area contributed by atoms with E-state index in [4.69, 9.17) is 0 Å². The lowest BCUT2D eigenvalue weighted by Gasteiger charge is -2.10. The molecule has 0 aromatic heterocycles. The van der Waals surface area contributed by atoms with Gasteiger partial charge in [-0.3, -0.25) is 4.79 Å². The van der Waals surface area contributed by atoms with Crippen molar-refractivity contribution < 1.29 is 14.1 Å². The van der Waals surface area contributed by atoms with Gasteiger partial charge in [-0.15, -0.1) is 0 Å². The number of esters is 1. The Hall–Kier alpha value is 0.130. The highest BCUT2D eigenvalue weighted by molar-refractivity contribution is 8.72. The van der Waals surface area contributed by atoms with Crippen molar-refractivity contribution in [2.45, 2.75) is 37.4 Å². The van der Waals surface area contributed by atoms with Gasteiger partial charge in [0.1, 0.15) is 5.25 Å². The lowest BCUT2D eigenvalue weighted by atomic mass is 10.1. The minimum Gasteiger partial charge on any atom is -0.605 e. The number of rotatable bonds is 5. The fourth-order valence-corrected chi connectivity index (χ4v) is 4.93. The lowest BCUT2D eigenvalue weighted by molar-refractivity contribution is -0.140. The second kappa shape index (κ2) is 6.58. The van der Waals surface area contributed by atoms with E-state index in [0.717, 1.165) is 31.4 Å². The summed E-state index contributed by atoms with van der Waals surface area (Å²) in [5, 5.41) is 0.359. The van der Waals surface area contributed by atoms with Crippen LogP contribution in [-0.2, 0) is 19.7 Å². The Labute approximate surface area is 91.5 Å². The van der Waals surface area contributed by atoms with Crippen LogP contribution in [0.4, 0.5) is 0 Å². The van der Waals surface area contributed by atoms with Crippen LogP contribution < -0.4 is 0 Å². The van der Waals surface area contributed by atoms with Gasteiger partial charge in [0.15, 0.2) is 0 Å². The predicted molar refractivity (Wildman–Crippen MR) is 59.5 cm³/mol. The van der Waals surface area contributed by atoms with Gasteiger partial charge < -0.3 is 9.29 Å². The van der Waals surface area contributed by atoms with Crippen LogP contribution in [0.2, 0.25) is 0 Å². The van der Waals surface area contributed by atoms with E-state index in [-0.39, 0.29) is 5.97 Å². The Balaban J connectivity index is 2.01. The summed E-state index contributed by atoms with van der Waals surface area (Å²) in [5.41, 5.74) is 0. The first kappa shape index (κ1) is 12.2. The van der Waals surface area contributed by atoms with E-state index in [0.29, 0.717) is 11.7 Å². The number of carbonyl (C=O) groups is 1. The van der Waals surface area contributed by atoms with E-state index in [1.807, 2.05) is 0 Å². The highest BCUT2D eigenvalue weighted by Gasteiger charge is 2.30. The Morgan fingerprint density at radius 1 is 1.64 bits per heavy atom. The lowest BCUT2D eigenvalue weighted by Crippen LogP contribution is -2.12. The molecule has 14 heavy (non-hydrogen) atoms. The fraction of sp³-hybridized carbons (Fsp3) is 0.889. The molecule has 0 amide bonds. The summed E-state index contributed by atoms with van der Waals surface area (Å²) < 4.78 is 15.9. The summed E-state index contributed by atoms with van der Waals surface area (Å²) in [6, 6.07) is 0. The summed E-state index contributed by atoms with van der Waals surface area (Å²) in [4.78, 5) is 10.8. The molecule has 1 heterocycles. The summed E-state index contributed by atoms with van der Waals surface area (Å²) in [5.74, 6) is 0.876. The topological polar surface area (TPSA) is 49.4 Å². The van der Waals surface area contributed by atoms with Crippen LogP contribution >= 0.6 is 10.8 Å². The first-order valence-corrected chi connectivity index (χ1v) is 7.56. The number of unbranched alkanes of at least 4 members (excludes halogenated alkanes) is 1. The zero-order chi connectivity index (χ0) is 10.4. The quantitative estimate of drug-likeness (QED) is 0.316. The first-order valence-electron chi connectivity index (χ1n) is 4.84. The molecule has 1 aliphatic heterocycles. The number of hydrogen-bond donors (Lipinski definition) is 0. The molecule has 1 saturated heterocycles. The maximum absolute atomic E-state index is 11.3. The molecule has 0 radical (unpaired) electrons. The van der Waals surface area contributed by atoms with Gasteiger partial charge in [0.25, 0.3) is 0 Å². The third-order valence-electron chi connectivity index (χ3n) is 2.30. The average molecular weight is 236 g/mol. The molecular weight excluding hydrogens is 220 g/mol. The highest BCUT2D eigenvalue weighted by Crippen LogP contribution is 2.33. The van der Waals surface area contributed by atoms with E-state index in [9.17, 15) is 9.35 Å². The molecule has 5 heteroatoms. The van der Waals surface area contributed by atoms with Crippen molar-refractivity contribution in [3.63, 3.8) is 0 Å². The molecule has 3 nitrogen and oxygen atoms in total. The molecule has 0 bridgehead atoms. The van der Waals surface area contributed by atoms with Crippen LogP contribution in [0, 0.1) is 0 Å². The van der Waals surface area contributed by atoms with E-state index in [1.165, 1.54) is 7.11 Å². The molecule has 0 saturated carbocycles. The molecule has 1 fully saturated rings. The predicted octanol–water partition coefficient (Wildman–Crippen LogP) is 1.89. The second-order valence-electron chi connectivity index (χ2n) is 3.32. The van der Waals surface area contributed by atoms with E-state index >= 15 is 0 Å². The van der Waals surface area contributed by atoms with Gasteiger partial charge in [-0.1, -0.05) is 0 Å². The van der Waals surface area contributed by atoms with Gasteiger partial charge in [0.05, 0.1) is 17.9 Å². The van der Waals surface area contributed by atoms with Crippen LogP contribution in [0.15, 0.2) is 0 Å². The molecular formula is C9H16O3S2. The maximum atomic E-state index is 11.3. The summed E-state index contributed by atoms with van der Waals surface area (Å²) in [7, 11) is 2.29. The smallest absolute Gasteiger partial charge is 0.305 e. The Morgan fingerprint density at radius 3 is 3.00 bits per heavy atom. The molecule has 1 rings (SSSR count). The zero-order valence-electron chi connectivity index (χ0n) is 8.36. The average Bonchev–Trinajstić information content (AvgIpc) is 2.58. The van der Waals surface area contributed by atoms with Crippen LogP contribution in [-0.4, -0.2) is 28.6 Å². The van der Waals surface area contributed by atoms with E-state index in [2.05, 4.69) is 4.74 Å². The number of carbonyl (C=O) groups excluding carboxylic acids is 1. The third kappa shape index (κ3) is 4.11. The third-order valence-corrected chi connectivity index (χ3v) is 5.96. The first-order chi connectivity index (χ1) is 6.74. The molecule has 0 aliphatic carbocycles. The molecule has 1 aliphatic rings. The minimum absolute atomic E-state index is 0.146. The van der Waals surface area contributed by atoms with E-state index < -0.39 is 10.2 Å². The standard InChI is InChI=1S/C9H16O3S2/c1-12-9(10)5-3-2-4-8-6-7-13-14(8)11/h8H,2-7H2,1H3/t8-,14?/m1/s1. The normalized spacial score (nSPS) is 26.4. The number of hydrogen-bond acceptors (Lipinski definition) is 4. The van der Waals surface area contributed by atoms with Gasteiger partial charge in [-0.2, -0.15) is 0 Å². The summed E-state index contributed by atoms with van der Waals surface area (Å²) in [6.07, 6.45) is 4.37. The Bertz CT molecular complexity index is 187. The highest BCUT2D eigenvalue weighted by atomic mass is 33.1. The monoisotopic (exact) mass is 236 g/mol. The van der Waals surface area contributed by atoms with Gasteiger partial charge in [0.2, 0.25) is 0 Å². The van der Waals surface area contributed by atoms with Gasteiger partial charge in [0, 0.05) is 28.8 Å². The van der Waals surface area contributed by atoms with Gasteiger partial charge in [-0.25, -0.2) is 0 Å². The molecule has 2 atom stereocenters. The van der Waals surface area contributed by atoms with Gasteiger partial charge in [-0.05, 0) is 19.3 Å².